The Bertz CT molecular complexity index is 159. The molecule has 0 bridgehead atoms. The second-order valence-electron chi connectivity index (χ2n) is 8.96. The van der Waals surface area contributed by atoms with Crippen LogP contribution >= 0.6 is 0 Å². The van der Waals surface area contributed by atoms with Crippen LogP contribution in [-0.4, -0.2) is 0 Å². The van der Waals surface area contributed by atoms with E-state index in [1.807, 2.05) is 0 Å². The second-order valence-corrected chi connectivity index (χ2v) is 18.2. The van der Waals surface area contributed by atoms with E-state index >= 15 is 0 Å². The van der Waals surface area contributed by atoms with Crippen molar-refractivity contribution in [3.8, 4) is 0 Å². The van der Waals surface area contributed by atoms with Gasteiger partial charge in [0, 0.05) is 0 Å². The van der Waals surface area contributed by atoms with Crippen LogP contribution in [0.3, 0.4) is 0 Å². The predicted molar refractivity (Wildman–Crippen MR) is 72.8 cm³/mol. The molecule has 0 radical (unpaired) electrons. The van der Waals surface area contributed by atoms with Crippen molar-refractivity contribution in [3.05, 3.63) is 0 Å². The molecule has 0 fully saturated rings. The van der Waals surface area contributed by atoms with Crippen LogP contribution in [0, 0.1) is 16.2 Å². The monoisotopic (exact) mass is 393 g/mol. The summed E-state index contributed by atoms with van der Waals surface area (Å²) < 4.78 is 4.69. The van der Waals surface area contributed by atoms with E-state index in [0.717, 1.165) is 0 Å². The zero-order valence-electron chi connectivity index (χ0n) is 13.1. The van der Waals surface area contributed by atoms with Crippen LogP contribution in [0.1, 0.15) is 62.3 Å². The Hall–Kier alpha value is 0.870. The fourth-order valence-electron chi connectivity index (χ4n) is 2.44. The summed E-state index contributed by atoms with van der Waals surface area (Å²) in [6, 6.07) is 0. The summed E-state index contributed by atoms with van der Waals surface area (Å²) in [5, 5.41) is 0. The van der Waals surface area contributed by atoms with Crippen molar-refractivity contribution >= 4 is 0 Å². The van der Waals surface area contributed by atoms with Gasteiger partial charge in [0.15, 0.2) is 0 Å². The van der Waals surface area contributed by atoms with Gasteiger partial charge in [0.2, 0.25) is 0 Å². The first-order valence-corrected chi connectivity index (χ1v) is 14.2. The molecular weight excluding hydrogens is 359 g/mol. The van der Waals surface area contributed by atoms with E-state index < -0.39 is 21.4 Å². The van der Waals surface area contributed by atoms with Gasteiger partial charge in [0.1, 0.15) is 0 Å². The summed E-state index contributed by atoms with van der Waals surface area (Å²) >= 11 is -1.39. The van der Waals surface area contributed by atoms with Crippen LogP contribution < -0.4 is 0 Å². The van der Waals surface area contributed by atoms with E-state index in [2.05, 4.69) is 62.3 Å². The zero-order valence-corrected chi connectivity index (χ0v) is 16.7. The van der Waals surface area contributed by atoms with Gasteiger partial charge < -0.3 is 0 Å². The van der Waals surface area contributed by atoms with Crippen molar-refractivity contribution in [1.82, 2.24) is 0 Å². The Labute approximate surface area is 112 Å². The van der Waals surface area contributed by atoms with Crippen molar-refractivity contribution in [2.45, 2.75) is 74.8 Å². The first-order valence-electron chi connectivity index (χ1n) is 6.62. The molecule has 0 amide bonds. The molecule has 0 aromatic heterocycles. The molecule has 0 aliphatic heterocycles. The molecule has 0 heterocycles. The van der Waals surface area contributed by atoms with Gasteiger partial charge in [0.25, 0.3) is 0 Å². The molecular formula is C15H33Hf. The normalized spacial score (nSPS) is 14.1. The van der Waals surface area contributed by atoms with E-state index in [1.54, 1.807) is 12.5 Å². The van der Waals surface area contributed by atoms with Crippen LogP contribution in [0.4, 0.5) is 0 Å². The molecule has 16 heavy (non-hydrogen) atoms. The summed E-state index contributed by atoms with van der Waals surface area (Å²) in [4.78, 5) is 0. The van der Waals surface area contributed by atoms with Crippen LogP contribution in [0.15, 0.2) is 0 Å². The van der Waals surface area contributed by atoms with E-state index in [9.17, 15) is 0 Å². The van der Waals surface area contributed by atoms with Gasteiger partial charge >= 0.3 is 113 Å². The molecule has 0 aliphatic rings. The molecule has 0 N–H and O–H groups in total. The molecule has 0 saturated carbocycles. The first-order chi connectivity index (χ1) is 6.79. The SMILES string of the molecule is CC(C)(C)[CH2][Hf]([CH2]C(C)(C)C)[CH2]C(C)(C)C. The molecule has 0 rings (SSSR count). The molecule has 0 unspecified atom stereocenters. The molecule has 0 aromatic carbocycles. The summed E-state index contributed by atoms with van der Waals surface area (Å²) in [5.74, 6) is 0. The fraction of sp³-hybridized carbons (Fsp3) is 1.00. The summed E-state index contributed by atoms with van der Waals surface area (Å²) in [6.45, 7) is 21.8. The summed E-state index contributed by atoms with van der Waals surface area (Å²) in [5.41, 5.74) is 1.66. The van der Waals surface area contributed by atoms with Gasteiger partial charge in [-0.3, -0.25) is 0 Å². The summed E-state index contributed by atoms with van der Waals surface area (Å²) in [6.07, 6.45) is 0. The number of hydrogen-bond acceptors (Lipinski definition) is 0. The standard InChI is InChI=1S/3C5H11.Hf/c3*1-5(2,3)4;/h3*1H2,2-4H3;. The molecule has 0 atom stereocenters. The Balaban J connectivity index is 4.53. The van der Waals surface area contributed by atoms with Crippen molar-refractivity contribution in [2.24, 2.45) is 16.2 Å². The molecule has 0 aromatic rings. The van der Waals surface area contributed by atoms with Crippen molar-refractivity contribution in [1.29, 1.82) is 0 Å². The van der Waals surface area contributed by atoms with Crippen molar-refractivity contribution < 1.29 is 21.4 Å². The van der Waals surface area contributed by atoms with E-state index in [4.69, 9.17) is 0 Å². The quantitative estimate of drug-likeness (QED) is 0.518. The van der Waals surface area contributed by atoms with Gasteiger partial charge in [-0.2, -0.15) is 0 Å². The van der Waals surface area contributed by atoms with Gasteiger partial charge in [0.05, 0.1) is 0 Å². The molecule has 97 valence electrons. The number of rotatable bonds is 3. The van der Waals surface area contributed by atoms with Crippen LogP contribution in [0.25, 0.3) is 0 Å². The van der Waals surface area contributed by atoms with Crippen molar-refractivity contribution in [2.75, 3.05) is 0 Å². The molecule has 0 saturated heterocycles. The summed E-state index contributed by atoms with van der Waals surface area (Å²) in [7, 11) is 0. The van der Waals surface area contributed by atoms with Crippen molar-refractivity contribution in [3.63, 3.8) is 0 Å². The maximum absolute atomic E-state index is 2.42. The predicted octanol–water partition coefficient (Wildman–Crippen LogP) is 6.00. The maximum atomic E-state index is 2.42. The van der Waals surface area contributed by atoms with Gasteiger partial charge in [-0.25, -0.2) is 0 Å². The third-order valence-corrected chi connectivity index (χ3v) is 19.2. The molecule has 0 nitrogen and oxygen atoms in total. The fourth-order valence-corrected chi connectivity index (χ4v) is 20.0. The third-order valence-electron chi connectivity index (χ3n) is 2.34. The third kappa shape index (κ3) is 11.4. The molecule has 1 heteroatoms. The minimum atomic E-state index is -1.39. The van der Waals surface area contributed by atoms with E-state index in [-0.39, 0.29) is 0 Å². The molecule has 0 spiro atoms. The van der Waals surface area contributed by atoms with Gasteiger partial charge in [-0.1, -0.05) is 0 Å². The average molecular weight is 392 g/mol. The van der Waals surface area contributed by atoms with Crippen LogP contribution in [0.5, 0.6) is 0 Å². The topological polar surface area (TPSA) is 0 Å². The first kappa shape index (κ1) is 16.9. The zero-order chi connectivity index (χ0) is 13.2. The molecule has 0 aliphatic carbocycles. The second kappa shape index (κ2) is 5.67. The Kier molecular flexibility index (Phi) is 5.98. The number of hydrogen-bond donors (Lipinski definition) is 0. The van der Waals surface area contributed by atoms with Gasteiger partial charge in [-0.15, -0.1) is 0 Å². The van der Waals surface area contributed by atoms with Crippen LogP contribution in [0.2, 0.25) is 12.5 Å². The minimum absolute atomic E-state index is 0.554. The van der Waals surface area contributed by atoms with E-state index in [1.165, 1.54) is 0 Å². The Morgan fingerprint density at radius 1 is 0.500 bits per heavy atom. The Morgan fingerprint density at radius 2 is 0.688 bits per heavy atom. The average Bonchev–Trinajstić information content (AvgIpc) is 1.70. The Morgan fingerprint density at radius 3 is 0.812 bits per heavy atom. The van der Waals surface area contributed by atoms with E-state index in [0.29, 0.717) is 16.2 Å². The van der Waals surface area contributed by atoms with Crippen LogP contribution in [-0.2, 0) is 21.4 Å². The van der Waals surface area contributed by atoms with Gasteiger partial charge in [-0.05, 0) is 0 Å².